The molecule has 1 heterocycles. The Morgan fingerprint density at radius 2 is 2.05 bits per heavy atom. The minimum atomic E-state index is -0.140. The molecule has 2 rings (SSSR count). The second-order valence-electron chi connectivity index (χ2n) is 4.45. The van der Waals surface area contributed by atoms with Gasteiger partial charge < -0.3 is 16.0 Å². The molecule has 1 aliphatic heterocycles. The zero-order valence-corrected chi connectivity index (χ0v) is 12.9. The number of halogens is 1. The third-order valence-corrected chi connectivity index (χ3v) is 3.99. The van der Waals surface area contributed by atoms with Gasteiger partial charge in [-0.05, 0) is 34.7 Å². The molecule has 0 aromatic heterocycles. The summed E-state index contributed by atoms with van der Waals surface area (Å²) >= 11 is 2.21. The fourth-order valence-corrected chi connectivity index (χ4v) is 2.51. The standard InChI is InChI=1S/C13H19IN4O/c14-11-3-1-2-4-12(11)17-13(19)16-7-10-18-8-5-15-6-9-18/h1-4,15H,5-10H2,(H2,16,17,19). The minimum absolute atomic E-state index is 0.140. The van der Waals surface area contributed by atoms with Gasteiger partial charge in [0.1, 0.15) is 0 Å². The van der Waals surface area contributed by atoms with Crippen molar-refractivity contribution < 1.29 is 4.79 Å². The number of para-hydroxylation sites is 1. The largest absolute Gasteiger partial charge is 0.337 e. The van der Waals surface area contributed by atoms with Crippen LogP contribution in [-0.4, -0.2) is 50.2 Å². The van der Waals surface area contributed by atoms with Crippen molar-refractivity contribution in [3.63, 3.8) is 0 Å². The summed E-state index contributed by atoms with van der Waals surface area (Å²) in [5.41, 5.74) is 0.850. The molecule has 0 radical (unpaired) electrons. The summed E-state index contributed by atoms with van der Waals surface area (Å²) in [6.07, 6.45) is 0. The number of rotatable bonds is 4. The Balaban J connectivity index is 1.68. The van der Waals surface area contributed by atoms with E-state index in [0.29, 0.717) is 6.54 Å². The highest BCUT2D eigenvalue weighted by Gasteiger charge is 2.09. The number of amides is 2. The van der Waals surface area contributed by atoms with Gasteiger partial charge in [0.05, 0.1) is 5.69 Å². The third-order valence-electron chi connectivity index (χ3n) is 3.05. The summed E-state index contributed by atoms with van der Waals surface area (Å²) in [4.78, 5) is 14.1. The van der Waals surface area contributed by atoms with Gasteiger partial charge in [-0.25, -0.2) is 4.79 Å². The molecule has 0 saturated carbocycles. The lowest BCUT2D eigenvalue weighted by molar-refractivity contribution is 0.233. The van der Waals surface area contributed by atoms with Crippen molar-refractivity contribution >= 4 is 34.3 Å². The van der Waals surface area contributed by atoms with Gasteiger partial charge in [-0.2, -0.15) is 0 Å². The van der Waals surface area contributed by atoms with Crippen molar-refractivity contribution in [3.05, 3.63) is 27.8 Å². The Bertz CT molecular complexity index is 421. The molecule has 0 bridgehead atoms. The summed E-state index contributed by atoms with van der Waals surface area (Å²) in [7, 11) is 0. The van der Waals surface area contributed by atoms with Crippen LogP contribution >= 0.6 is 22.6 Å². The Kier molecular flexibility index (Phi) is 5.87. The Morgan fingerprint density at radius 1 is 1.32 bits per heavy atom. The summed E-state index contributed by atoms with van der Waals surface area (Å²) in [5.74, 6) is 0. The van der Waals surface area contributed by atoms with Crippen LogP contribution in [-0.2, 0) is 0 Å². The van der Waals surface area contributed by atoms with E-state index in [-0.39, 0.29) is 6.03 Å². The van der Waals surface area contributed by atoms with Gasteiger partial charge >= 0.3 is 6.03 Å². The van der Waals surface area contributed by atoms with Gasteiger partial charge in [-0.1, -0.05) is 12.1 Å². The van der Waals surface area contributed by atoms with E-state index in [9.17, 15) is 4.79 Å². The molecule has 1 aromatic rings. The van der Waals surface area contributed by atoms with E-state index in [0.717, 1.165) is 42.0 Å². The molecule has 0 aliphatic carbocycles. The predicted octanol–water partition coefficient (Wildman–Crippen LogP) is 1.32. The summed E-state index contributed by atoms with van der Waals surface area (Å²) in [6.45, 7) is 5.76. The van der Waals surface area contributed by atoms with Crippen molar-refractivity contribution in [1.29, 1.82) is 0 Å². The van der Waals surface area contributed by atoms with Crippen molar-refractivity contribution in [2.75, 3.05) is 44.6 Å². The van der Waals surface area contributed by atoms with E-state index in [2.05, 4.69) is 43.4 Å². The number of urea groups is 1. The zero-order valence-electron chi connectivity index (χ0n) is 10.8. The first-order chi connectivity index (χ1) is 9.25. The maximum Gasteiger partial charge on any atom is 0.319 e. The van der Waals surface area contributed by atoms with Crippen LogP contribution in [0.2, 0.25) is 0 Å². The Labute approximate surface area is 127 Å². The van der Waals surface area contributed by atoms with Crippen LogP contribution in [0.15, 0.2) is 24.3 Å². The van der Waals surface area contributed by atoms with Gasteiger partial charge in [0, 0.05) is 42.8 Å². The number of carbonyl (C=O) groups is 1. The van der Waals surface area contributed by atoms with Gasteiger partial charge in [0.2, 0.25) is 0 Å². The number of hydrogen-bond donors (Lipinski definition) is 3. The first-order valence-electron chi connectivity index (χ1n) is 6.48. The van der Waals surface area contributed by atoms with Crippen LogP contribution in [0.1, 0.15) is 0 Å². The molecule has 19 heavy (non-hydrogen) atoms. The summed E-state index contributed by atoms with van der Waals surface area (Å²) in [6, 6.07) is 7.60. The highest BCUT2D eigenvalue weighted by atomic mass is 127. The predicted molar refractivity (Wildman–Crippen MR) is 85.5 cm³/mol. The zero-order chi connectivity index (χ0) is 13.5. The van der Waals surface area contributed by atoms with Crippen molar-refractivity contribution in [2.45, 2.75) is 0 Å². The van der Waals surface area contributed by atoms with Crippen molar-refractivity contribution in [3.8, 4) is 0 Å². The number of piperazine rings is 1. The van der Waals surface area contributed by atoms with Crippen molar-refractivity contribution in [2.24, 2.45) is 0 Å². The quantitative estimate of drug-likeness (QED) is 0.697. The molecule has 5 nitrogen and oxygen atoms in total. The van der Waals surface area contributed by atoms with E-state index in [1.54, 1.807) is 0 Å². The average molecular weight is 374 g/mol. The molecular weight excluding hydrogens is 355 g/mol. The van der Waals surface area contributed by atoms with E-state index >= 15 is 0 Å². The summed E-state index contributed by atoms with van der Waals surface area (Å²) in [5, 5.41) is 9.06. The highest BCUT2D eigenvalue weighted by Crippen LogP contribution is 2.16. The minimum Gasteiger partial charge on any atom is -0.337 e. The fraction of sp³-hybridized carbons (Fsp3) is 0.462. The van der Waals surface area contributed by atoms with Crippen LogP contribution in [0.5, 0.6) is 0 Å². The Morgan fingerprint density at radius 3 is 2.79 bits per heavy atom. The van der Waals surface area contributed by atoms with E-state index in [4.69, 9.17) is 0 Å². The van der Waals surface area contributed by atoms with Gasteiger partial charge in [0.25, 0.3) is 0 Å². The first kappa shape index (κ1) is 14.5. The molecule has 3 N–H and O–H groups in total. The Hall–Kier alpha value is -0.860. The van der Waals surface area contributed by atoms with Crippen LogP contribution in [0.4, 0.5) is 10.5 Å². The average Bonchev–Trinajstić information content (AvgIpc) is 2.43. The topological polar surface area (TPSA) is 56.4 Å². The second-order valence-corrected chi connectivity index (χ2v) is 5.61. The van der Waals surface area contributed by atoms with Crippen LogP contribution in [0, 0.1) is 3.57 Å². The molecule has 1 aliphatic rings. The molecule has 1 saturated heterocycles. The fourth-order valence-electron chi connectivity index (χ4n) is 1.99. The number of hydrogen-bond acceptors (Lipinski definition) is 3. The molecule has 104 valence electrons. The van der Waals surface area contributed by atoms with Gasteiger partial charge in [-0.15, -0.1) is 0 Å². The lowest BCUT2D eigenvalue weighted by atomic mass is 10.3. The molecular formula is C13H19IN4O. The highest BCUT2D eigenvalue weighted by molar-refractivity contribution is 14.1. The number of carbonyl (C=O) groups excluding carboxylic acids is 1. The number of benzene rings is 1. The molecule has 0 unspecified atom stereocenters. The van der Waals surface area contributed by atoms with Crippen LogP contribution in [0.3, 0.4) is 0 Å². The lowest BCUT2D eigenvalue weighted by Crippen LogP contribution is -2.46. The normalized spacial score (nSPS) is 16.1. The van der Waals surface area contributed by atoms with Crippen LogP contribution in [0.25, 0.3) is 0 Å². The maximum absolute atomic E-state index is 11.7. The SMILES string of the molecule is O=C(NCCN1CCNCC1)Nc1ccccc1I. The molecule has 1 fully saturated rings. The van der Waals surface area contributed by atoms with Gasteiger partial charge in [-0.3, -0.25) is 4.90 Å². The summed E-state index contributed by atoms with van der Waals surface area (Å²) < 4.78 is 1.04. The second kappa shape index (κ2) is 7.66. The van der Waals surface area contributed by atoms with E-state index in [1.165, 1.54) is 0 Å². The number of anilines is 1. The molecule has 0 spiro atoms. The van der Waals surface area contributed by atoms with Gasteiger partial charge in [0.15, 0.2) is 0 Å². The van der Waals surface area contributed by atoms with E-state index < -0.39 is 0 Å². The maximum atomic E-state index is 11.7. The molecule has 2 amide bonds. The number of nitrogens with zero attached hydrogens (tertiary/aromatic N) is 1. The molecule has 1 aromatic carbocycles. The first-order valence-corrected chi connectivity index (χ1v) is 7.56. The molecule has 6 heteroatoms. The van der Waals surface area contributed by atoms with Crippen molar-refractivity contribution in [1.82, 2.24) is 15.5 Å². The smallest absolute Gasteiger partial charge is 0.319 e. The lowest BCUT2D eigenvalue weighted by Gasteiger charge is -2.27. The van der Waals surface area contributed by atoms with Crippen LogP contribution < -0.4 is 16.0 Å². The van der Waals surface area contributed by atoms with E-state index in [1.807, 2.05) is 24.3 Å². The third kappa shape index (κ3) is 4.96. The molecule has 0 atom stereocenters. The number of nitrogens with one attached hydrogen (secondary N) is 3. The monoisotopic (exact) mass is 374 g/mol.